The molecule has 0 fully saturated rings. The zero-order chi connectivity index (χ0) is 14.1. The highest BCUT2D eigenvalue weighted by atomic mass is 35.5. The van der Waals surface area contributed by atoms with Crippen molar-refractivity contribution >= 4 is 30.1 Å². The quantitative estimate of drug-likeness (QED) is 0.802. The molecule has 1 aromatic carbocycles. The summed E-state index contributed by atoms with van der Waals surface area (Å²) in [6.45, 7) is 3.47. The Bertz CT molecular complexity index is 375. The number of hydrogen-bond acceptors (Lipinski definition) is 3. The molecule has 1 rings (SSSR count). The van der Waals surface area contributed by atoms with Crippen LogP contribution in [0.4, 0.5) is 0 Å². The van der Waals surface area contributed by atoms with Crippen molar-refractivity contribution in [2.45, 2.75) is 25.8 Å². The number of carbonyl (C=O) groups is 1. The van der Waals surface area contributed by atoms with Gasteiger partial charge in [-0.05, 0) is 37.3 Å². The van der Waals surface area contributed by atoms with Gasteiger partial charge in [-0.2, -0.15) is 11.8 Å². The van der Waals surface area contributed by atoms with Crippen molar-refractivity contribution in [3.8, 4) is 0 Å². The third kappa shape index (κ3) is 6.64. The van der Waals surface area contributed by atoms with E-state index in [1.54, 1.807) is 11.8 Å². The lowest BCUT2D eigenvalue weighted by Crippen LogP contribution is -2.44. The Morgan fingerprint density at radius 2 is 2.00 bits per heavy atom. The van der Waals surface area contributed by atoms with E-state index in [0.29, 0.717) is 0 Å². The number of carbonyl (C=O) groups excluding carboxylic acids is 1. The van der Waals surface area contributed by atoms with Crippen molar-refractivity contribution < 1.29 is 4.79 Å². The maximum Gasteiger partial charge on any atom is 0.239 e. The smallest absolute Gasteiger partial charge is 0.239 e. The van der Waals surface area contributed by atoms with Gasteiger partial charge in [-0.15, -0.1) is 12.4 Å². The van der Waals surface area contributed by atoms with E-state index in [1.807, 2.05) is 36.3 Å². The SMILES string of the molecule is CCN(CCc1ccccc1)C(=O)[C@@H](N)CCSC.Cl. The van der Waals surface area contributed by atoms with Crippen LogP contribution >= 0.6 is 24.2 Å². The standard InChI is InChI=1S/C15H24N2OS.ClH/c1-3-17(15(18)14(16)10-12-19-2)11-9-13-7-5-4-6-8-13;/h4-8,14H,3,9-12,16H2,1-2H3;1H/t14-;/m0./s1. The van der Waals surface area contributed by atoms with E-state index < -0.39 is 0 Å². The van der Waals surface area contributed by atoms with Crippen molar-refractivity contribution in [2.24, 2.45) is 5.73 Å². The zero-order valence-corrected chi connectivity index (χ0v) is 13.9. The van der Waals surface area contributed by atoms with Gasteiger partial charge >= 0.3 is 0 Å². The van der Waals surface area contributed by atoms with Gasteiger partial charge in [-0.25, -0.2) is 0 Å². The molecule has 1 aromatic rings. The molecule has 0 spiro atoms. The number of nitrogens with zero attached hydrogens (tertiary/aromatic N) is 1. The molecular weight excluding hydrogens is 292 g/mol. The monoisotopic (exact) mass is 316 g/mol. The van der Waals surface area contributed by atoms with Crippen molar-refractivity contribution in [3.05, 3.63) is 35.9 Å². The lowest BCUT2D eigenvalue weighted by atomic mass is 10.1. The lowest BCUT2D eigenvalue weighted by molar-refractivity contribution is -0.132. The summed E-state index contributed by atoms with van der Waals surface area (Å²) in [5, 5.41) is 0. The molecule has 1 atom stereocenters. The summed E-state index contributed by atoms with van der Waals surface area (Å²) in [5.41, 5.74) is 7.20. The minimum Gasteiger partial charge on any atom is -0.341 e. The molecule has 3 nitrogen and oxygen atoms in total. The Morgan fingerprint density at radius 3 is 2.55 bits per heavy atom. The van der Waals surface area contributed by atoms with E-state index in [9.17, 15) is 4.79 Å². The van der Waals surface area contributed by atoms with Crippen LogP contribution in [-0.4, -0.2) is 41.9 Å². The number of benzene rings is 1. The Labute approximate surface area is 132 Å². The van der Waals surface area contributed by atoms with Crippen molar-refractivity contribution in [3.63, 3.8) is 0 Å². The fourth-order valence-corrected chi connectivity index (χ4v) is 2.43. The molecular formula is C15H25ClN2OS. The second-order valence-electron chi connectivity index (χ2n) is 4.54. The van der Waals surface area contributed by atoms with Gasteiger partial charge in [0.2, 0.25) is 5.91 Å². The molecule has 0 radical (unpaired) electrons. The molecule has 5 heteroatoms. The van der Waals surface area contributed by atoms with Crippen LogP contribution < -0.4 is 5.73 Å². The van der Waals surface area contributed by atoms with Crippen LogP contribution in [0.5, 0.6) is 0 Å². The number of hydrogen-bond donors (Lipinski definition) is 1. The Kier molecular flexibility index (Phi) is 10.6. The first kappa shape index (κ1) is 19.3. The first-order valence-electron chi connectivity index (χ1n) is 6.76. The van der Waals surface area contributed by atoms with E-state index >= 15 is 0 Å². The van der Waals surface area contributed by atoms with Gasteiger partial charge in [0, 0.05) is 13.1 Å². The van der Waals surface area contributed by atoms with Crippen LogP contribution in [0.15, 0.2) is 30.3 Å². The average molecular weight is 317 g/mol. The van der Waals surface area contributed by atoms with Crippen molar-refractivity contribution in [1.29, 1.82) is 0 Å². The molecule has 20 heavy (non-hydrogen) atoms. The summed E-state index contributed by atoms with van der Waals surface area (Å²) in [7, 11) is 0. The summed E-state index contributed by atoms with van der Waals surface area (Å²) in [6, 6.07) is 9.88. The number of amides is 1. The maximum atomic E-state index is 12.2. The average Bonchev–Trinajstić information content (AvgIpc) is 2.46. The molecule has 0 aliphatic rings. The highest BCUT2D eigenvalue weighted by Gasteiger charge is 2.18. The number of nitrogens with two attached hydrogens (primary N) is 1. The molecule has 2 N–H and O–H groups in total. The van der Waals surface area contributed by atoms with Gasteiger partial charge in [0.1, 0.15) is 0 Å². The lowest BCUT2D eigenvalue weighted by Gasteiger charge is -2.24. The van der Waals surface area contributed by atoms with E-state index in [2.05, 4.69) is 12.1 Å². The summed E-state index contributed by atoms with van der Waals surface area (Å²) in [5.74, 6) is 1.01. The van der Waals surface area contributed by atoms with E-state index in [0.717, 1.165) is 31.7 Å². The second kappa shape index (κ2) is 11.0. The summed E-state index contributed by atoms with van der Waals surface area (Å²) < 4.78 is 0. The molecule has 0 aromatic heterocycles. The van der Waals surface area contributed by atoms with Gasteiger partial charge in [0.25, 0.3) is 0 Å². The van der Waals surface area contributed by atoms with Crippen LogP contribution in [0, 0.1) is 0 Å². The normalized spacial score (nSPS) is 11.6. The van der Waals surface area contributed by atoms with Gasteiger partial charge in [0.05, 0.1) is 6.04 Å². The summed E-state index contributed by atoms with van der Waals surface area (Å²) >= 11 is 1.73. The molecule has 0 aliphatic carbocycles. The van der Waals surface area contributed by atoms with Crippen LogP contribution in [0.3, 0.4) is 0 Å². The second-order valence-corrected chi connectivity index (χ2v) is 5.53. The van der Waals surface area contributed by atoms with Crippen LogP contribution in [0.1, 0.15) is 18.9 Å². The highest BCUT2D eigenvalue weighted by molar-refractivity contribution is 7.98. The number of rotatable bonds is 8. The van der Waals surface area contributed by atoms with E-state index in [4.69, 9.17) is 5.73 Å². The van der Waals surface area contributed by atoms with Crippen LogP contribution in [-0.2, 0) is 11.2 Å². The topological polar surface area (TPSA) is 46.3 Å². The third-order valence-corrected chi connectivity index (χ3v) is 3.80. The number of thioether (sulfide) groups is 1. The van der Waals surface area contributed by atoms with Gasteiger partial charge in [-0.1, -0.05) is 30.3 Å². The van der Waals surface area contributed by atoms with Crippen molar-refractivity contribution in [2.75, 3.05) is 25.1 Å². The maximum absolute atomic E-state index is 12.2. The third-order valence-electron chi connectivity index (χ3n) is 3.16. The number of halogens is 1. The Hall–Kier alpha value is -0.710. The molecule has 0 aliphatic heterocycles. The minimum atomic E-state index is -0.358. The number of likely N-dealkylation sites (N-methyl/N-ethyl adjacent to an activating group) is 1. The fraction of sp³-hybridized carbons (Fsp3) is 0.533. The van der Waals surface area contributed by atoms with Gasteiger partial charge < -0.3 is 10.6 Å². The molecule has 0 heterocycles. The van der Waals surface area contributed by atoms with E-state index in [-0.39, 0.29) is 24.4 Å². The predicted molar refractivity (Wildman–Crippen MR) is 90.6 cm³/mol. The summed E-state index contributed by atoms with van der Waals surface area (Å²) in [6.07, 6.45) is 3.67. The van der Waals surface area contributed by atoms with Gasteiger partial charge in [0.15, 0.2) is 0 Å². The Balaban J connectivity index is 0.00000361. The first-order valence-corrected chi connectivity index (χ1v) is 8.15. The predicted octanol–water partition coefficient (Wildman–Crippen LogP) is 2.58. The molecule has 0 saturated carbocycles. The van der Waals surface area contributed by atoms with Gasteiger partial charge in [-0.3, -0.25) is 4.79 Å². The van der Waals surface area contributed by atoms with E-state index in [1.165, 1.54) is 5.56 Å². The largest absolute Gasteiger partial charge is 0.341 e. The Morgan fingerprint density at radius 1 is 1.35 bits per heavy atom. The molecule has 0 saturated heterocycles. The molecule has 114 valence electrons. The summed E-state index contributed by atoms with van der Waals surface area (Å²) in [4.78, 5) is 14.1. The fourth-order valence-electron chi connectivity index (χ4n) is 1.94. The molecule has 0 bridgehead atoms. The first-order chi connectivity index (χ1) is 9.19. The minimum absolute atomic E-state index is 0. The van der Waals surface area contributed by atoms with Crippen LogP contribution in [0.2, 0.25) is 0 Å². The zero-order valence-electron chi connectivity index (χ0n) is 12.2. The van der Waals surface area contributed by atoms with Crippen molar-refractivity contribution in [1.82, 2.24) is 4.90 Å². The highest BCUT2D eigenvalue weighted by Crippen LogP contribution is 2.05. The van der Waals surface area contributed by atoms with Crippen LogP contribution in [0.25, 0.3) is 0 Å². The molecule has 1 amide bonds. The molecule has 0 unspecified atom stereocenters.